The molecule has 0 spiro atoms. The van der Waals surface area contributed by atoms with Crippen LogP contribution in [0.1, 0.15) is 12.2 Å². The Kier molecular flexibility index (Phi) is 5.20. The number of carbonyl (C=O) groups is 3. The summed E-state index contributed by atoms with van der Waals surface area (Å²) in [6.07, 6.45) is -0.439. The van der Waals surface area contributed by atoms with E-state index in [2.05, 4.69) is 15.2 Å². The van der Waals surface area contributed by atoms with Gasteiger partial charge in [-0.05, 0) is 6.92 Å². The van der Waals surface area contributed by atoms with E-state index in [9.17, 15) is 14.4 Å². The van der Waals surface area contributed by atoms with E-state index in [1.54, 1.807) is 13.0 Å². The van der Waals surface area contributed by atoms with E-state index in [-0.39, 0.29) is 24.0 Å². The average molecular weight is 314 g/mol. The molecule has 0 aliphatic carbocycles. The number of anilines is 1. The smallest absolute Gasteiger partial charge is 0.347 e. The number of nitrogens with zero attached hydrogens (tertiary/aromatic N) is 1. The third kappa shape index (κ3) is 4.78. The molecule has 2 rings (SSSR count). The molecule has 0 bridgehead atoms. The van der Waals surface area contributed by atoms with Gasteiger partial charge in [0.05, 0.1) is 18.1 Å². The minimum atomic E-state index is -0.815. The number of aromatic nitrogens is 1. The van der Waals surface area contributed by atoms with Gasteiger partial charge in [-0.15, -0.1) is 11.8 Å². The van der Waals surface area contributed by atoms with Crippen LogP contribution in [0.3, 0.4) is 0 Å². The van der Waals surface area contributed by atoms with Gasteiger partial charge < -0.3 is 19.3 Å². The topological polar surface area (TPSA) is 108 Å². The highest BCUT2D eigenvalue weighted by atomic mass is 32.2. The van der Waals surface area contributed by atoms with Gasteiger partial charge in [0.2, 0.25) is 12.0 Å². The van der Waals surface area contributed by atoms with E-state index < -0.39 is 18.0 Å². The molecule has 2 heterocycles. The van der Waals surface area contributed by atoms with E-state index in [1.807, 2.05) is 0 Å². The van der Waals surface area contributed by atoms with Crippen molar-refractivity contribution in [3.63, 3.8) is 0 Å². The average Bonchev–Trinajstić information content (AvgIpc) is 2.99. The second kappa shape index (κ2) is 7.11. The number of carbonyl (C=O) groups excluding carboxylic acids is 3. The lowest BCUT2D eigenvalue weighted by Crippen LogP contribution is -2.24. The van der Waals surface area contributed by atoms with Crippen molar-refractivity contribution in [2.24, 2.45) is 0 Å². The van der Waals surface area contributed by atoms with Crippen LogP contribution in [0.4, 0.5) is 5.82 Å². The van der Waals surface area contributed by atoms with Crippen molar-refractivity contribution < 1.29 is 28.4 Å². The number of esters is 2. The molecule has 1 fully saturated rings. The minimum Gasteiger partial charge on any atom is -0.463 e. The first-order valence-corrected chi connectivity index (χ1v) is 7.37. The summed E-state index contributed by atoms with van der Waals surface area (Å²) in [5, 5.41) is 6.14. The quantitative estimate of drug-likeness (QED) is 0.757. The summed E-state index contributed by atoms with van der Waals surface area (Å²) in [5.74, 6) is -0.410. The van der Waals surface area contributed by atoms with Crippen LogP contribution in [0.25, 0.3) is 0 Å². The summed E-state index contributed by atoms with van der Waals surface area (Å²) in [7, 11) is 0. The maximum absolute atomic E-state index is 11.6. The summed E-state index contributed by atoms with van der Waals surface area (Å²) in [4.78, 5) is 34.1. The highest BCUT2D eigenvalue weighted by Crippen LogP contribution is 2.12. The first-order valence-electron chi connectivity index (χ1n) is 6.21. The maximum Gasteiger partial charge on any atom is 0.347 e. The molecular formula is C12H14N2O6S. The van der Waals surface area contributed by atoms with Crippen LogP contribution >= 0.6 is 11.8 Å². The van der Waals surface area contributed by atoms with Crippen molar-refractivity contribution in [3.05, 3.63) is 11.8 Å². The molecule has 21 heavy (non-hydrogen) atoms. The second-order valence-corrected chi connectivity index (χ2v) is 5.28. The molecule has 0 saturated carbocycles. The number of hydrogen-bond acceptors (Lipinski definition) is 8. The standard InChI is InChI=1S/C12H14N2O6S/c1-7-4-9(14-20-7)13-10(15)5-21-6-11(16)19-8-2-3-18-12(8)17/h4,8H,2-3,5-6H2,1H3,(H,13,14,15)/t8-/m1/s1. The molecule has 1 atom stereocenters. The van der Waals surface area contributed by atoms with E-state index in [4.69, 9.17) is 9.26 Å². The molecule has 0 radical (unpaired) electrons. The highest BCUT2D eigenvalue weighted by molar-refractivity contribution is 8.00. The number of rotatable bonds is 6. The number of hydrogen-bond donors (Lipinski definition) is 1. The third-order valence-electron chi connectivity index (χ3n) is 2.51. The van der Waals surface area contributed by atoms with E-state index >= 15 is 0 Å². The number of nitrogens with one attached hydrogen (secondary N) is 1. The Morgan fingerprint density at radius 2 is 2.33 bits per heavy atom. The van der Waals surface area contributed by atoms with Gasteiger partial charge >= 0.3 is 11.9 Å². The molecule has 1 aromatic heterocycles. The van der Waals surface area contributed by atoms with Crippen molar-refractivity contribution in [3.8, 4) is 0 Å². The van der Waals surface area contributed by atoms with Crippen molar-refractivity contribution in [2.45, 2.75) is 19.4 Å². The summed E-state index contributed by atoms with van der Waals surface area (Å²) < 4.78 is 14.4. The molecule has 1 aliphatic rings. The number of aryl methyl sites for hydroxylation is 1. The second-order valence-electron chi connectivity index (χ2n) is 4.30. The van der Waals surface area contributed by atoms with Gasteiger partial charge in [-0.3, -0.25) is 9.59 Å². The lowest BCUT2D eigenvalue weighted by molar-refractivity contribution is -0.158. The van der Waals surface area contributed by atoms with Crippen LogP contribution < -0.4 is 5.32 Å². The van der Waals surface area contributed by atoms with Crippen LogP contribution in [-0.4, -0.2) is 47.2 Å². The Morgan fingerprint density at radius 3 is 2.95 bits per heavy atom. The van der Waals surface area contributed by atoms with E-state index in [0.717, 1.165) is 11.8 Å². The number of thioether (sulfide) groups is 1. The fourth-order valence-electron chi connectivity index (χ4n) is 1.61. The Hall–Kier alpha value is -2.03. The Labute approximate surface area is 124 Å². The highest BCUT2D eigenvalue weighted by Gasteiger charge is 2.29. The number of cyclic esters (lactones) is 1. The Morgan fingerprint density at radius 1 is 1.52 bits per heavy atom. The van der Waals surface area contributed by atoms with Crippen molar-refractivity contribution >= 4 is 35.4 Å². The third-order valence-corrected chi connectivity index (χ3v) is 3.42. The molecule has 0 unspecified atom stereocenters. The van der Waals surface area contributed by atoms with Gasteiger partial charge in [0, 0.05) is 12.5 Å². The normalized spacial score (nSPS) is 17.4. The largest absolute Gasteiger partial charge is 0.463 e. The zero-order valence-corrected chi connectivity index (χ0v) is 12.1. The summed E-state index contributed by atoms with van der Waals surface area (Å²) in [6, 6.07) is 1.59. The van der Waals surface area contributed by atoms with Crippen LogP contribution in [-0.2, 0) is 23.9 Å². The zero-order valence-electron chi connectivity index (χ0n) is 11.3. The molecule has 1 N–H and O–H groups in total. The molecule has 1 amide bonds. The van der Waals surface area contributed by atoms with Crippen LogP contribution in [0.15, 0.2) is 10.6 Å². The van der Waals surface area contributed by atoms with Gasteiger partial charge in [-0.1, -0.05) is 5.16 Å². The Bertz CT molecular complexity index is 544. The van der Waals surface area contributed by atoms with Gasteiger partial charge in [-0.25, -0.2) is 4.79 Å². The first-order chi connectivity index (χ1) is 10.0. The number of ether oxygens (including phenoxy) is 2. The first kappa shape index (κ1) is 15.4. The van der Waals surface area contributed by atoms with Crippen LogP contribution in [0.5, 0.6) is 0 Å². The van der Waals surface area contributed by atoms with E-state index in [1.165, 1.54) is 0 Å². The molecule has 1 aliphatic heterocycles. The molecule has 1 aromatic rings. The molecule has 9 heteroatoms. The van der Waals surface area contributed by atoms with Gasteiger partial charge in [0.1, 0.15) is 5.76 Å². The van der Waals surface area contributed by atoms with E-state index in [0.29, 0.717) is 18.0 Å². The lowest BCUT2D eigenvalue weighted by atomic mass is 10.3. The predicted octanol–water partition coefficient (Wildman–Crippen LogP) is 0.513. The van der Waals surface area contributed by atoms with Gasteiger partial charge in [-0.2, -0.15) is 0 Å². The Balaban J connectivity index is 1.63. The lowest BCUT2D eigenvalue weighted by Gasteiger charge is -2.07. The summed E-state index contributed by atoms with van der Waals surface area (Å²) in [6.45, 7) is 1.98. The van der Waals surface area contributed by atoms with Crippen molar-refractivity contribution in [1.29, 1.82) is 0 Å². The van der Waals surface area contributed by atoms with Gasteiger partial charge in [0.25, 0.3) is 0 Å². The van der Waals surface area contributed by atoms with Crippen LogP contribution in [0, 0.1) is 6.92 Å². The minimum absolute atomic E-state index is 0.0188. The van der Waals surface area contributed by atoms with Gasteiger partial charge in [0.15, 0.2) is 5.82 Å². The molecule has 8 nitrogen and oxygen atoms in total. The SMILES string of the molecule is Cc1cc(NC(=O)CSCC(=O)O[C@@H]2CCOC2=O)no1. The van der Waals surface area contributed by atoms with Crippen molar-refractivity contribution in [2.75, 3.05) is 23.4 Å². The van der Waals surface area contributed by atoms with Crippen LogP contribution in [0.2, 0.25) is 0 Å². The fraction of sp³-hybridized carbons (Fsp3) is 0.500. The fourth-order valence-corrected chi connectivity index (χ4v) is 2.20. The molecule has 1 saturated heterocycles. The molecular weight excluding hydrogens is 300 g/mol. The summed E-state index contributed by atoms with van der Waals surface area (Å²) >= 11 is 1.08. The zero-order chi connectivity index (χ0) is 15.2. The predicted molar refractivity (Wildman–Crippen MR) is 72.7 cm³/mol. The molecule has 114 valence electrons. The number of amides is 1. The maximum atomic E-state index is 11.6. The summed E-state index contributed by atoms with van der Waals surface area (Å²) in [5.41, 5.74) is 0. The molecule has 0 aromatic carbocycles. The van der Waals surface area contributed by atoms with Crippen molar-refractivity contribution in [1.82, 2.24) is 5.16 Å². The monoisotopic (exact) mass is 314 g/mol.